The Morgan fingerprint density at radius 2 is 0.630 bits per heavy atom. The molecule has 14 heteroatoms. The molecule has 0 saturated carbocycles. The molecule has 2 aliphatic heterocycles. The first-order valence-corrected chi connectivity index (χ1v) is 15.1. The molecule has 0 spiro atoms. The average molecular weight is 672 g/mol. The van der Waals surface area contributed by atoms with Gasteiger partial charge in [0, 0.05) is 60.6 Å². The standard InChI is InChI=1S/C32H18N8.Co.H2O4S/c1-2-10-18-17(9-1)25-33-26(18)38-28-21-13-5-6-14-22(21)30(35-28)40-32-24-16-8-7-15-23(24)31(36-32)39-29-20-12-4-3-11-19(20)27(34-29)37-25;;1-5(2,3)4/h1-16H,(H2,33,34,35,36,37,38,39,40);;(H2,1,2,3,4). The minimum Gasteiger partial charge on any atom is -0.324 e. The van der Waals surface area contributed by atoms with Crippen LogP contribution in [0.2, 0.25) is 0 Å². The number of aromatic nitrogens is 8. The van der Waals surface area contributed by atoms with Crippen molar-refractivity contribution < 1.29 is 34.3 Å². The fourth-order valence-electron chi connectivity index (χ4n) is 5.59. The summed E-state index contributed by atoms with van der Waals surface area (Å²) < 4.78 is 31.6. The van der Waals surface area contributed by atoms with Gasteiger partial charge in [-0.25, -0.2) is 29.9 Å². The van der Waals surface area contributed by atoms with Crippen LogP contribution >= 0.6 is 0 Å². The number of rotatable bonds is 0. The third-order valence-corrected chi connectivity index (χ3v) is 7.46. The predicted octanol–water partition coefficient (Wildman–Crippen LogP) is 6.21. The van der Waals surface area contributed by atoms with Gasteiger partial charge in [-0.1, -0.05) is 97.1 Å². The fraction of sp³-hybridized carbons (Fsp3) is 0. The van der Waals surface area contributed by atoms with Gasteiger partial charge in [-0.05, 0) is 0 Å². The molecule has 0 atom stereocenters. The maximum atomic E-state index is 8.74. The van der Waals surface area contributed by atoms with E-state index in [0.29, 0.717) is 45.9 Å². The zero-order chi connectivity index (χ0) is 30.7. The number of H-pyrrole nitrogens is 2. The number of nitrogens with one attached hydrogen (secondary N) is 2. The van der Waals surface area contributed by atoms with E-state index in [9.17, 15) is 0 Å². The molecule has 4 N–H and O–H groups in total. The largest absolute Gasteiger partial charge is 0.394 e. The molecule has 7 aromatic rings. The van der Waals surface area contributed by atoms with E-state index in [0.717, 1.165) is 43.8 Å². The van der Waals surface area contributed by atoms with Crippen LogP contribution in [0.15, 0.2) is 97.1 Å². The molecule has 12 nitrogen and oxygen atoms in total. The maximum absolute atomic E-state index is 8.74. The van der Waals surface area contributed by atoms with Gasteiger partial charge in [-0.15, -0.1) is 0 Å². The Morgan fingerprint density at radius 1 is 0.413 bits per heavy atom. The van der Waals surface area contributed by atoms with Crippen molar-refractivity contribution in [3.63, 3.8) is 0 Å². The summed E-state index contributed by atoms with van der Waals surface area (Å²) in [6.07, 6.45) is 0. The molecule has 46 heavy (non-hydrogen) atoms. The summed E-state index contributed by atoms with van der Waals surface area (Å²) in [6, 6.07) is 32.2. The third-order valence-electron chi connectivity index (χ3n) is 7.46. The summed E-state index contributed by atoms with van der Waals surface area (Å²) in [7, 11) is -4.67. The van der Waals surface area contributed by atoms with Gasteiger partial charge in [-0.3, -0.25) is 9.11 Å². The Hall–Kier alpha value is -5.38. The molecule has 9 rings (SSSR count). The van der Waals surface area contributed by atoms with E-state index < -0.39 is 10.4 Å². The monoisotopic (exact) mass is 671 g/mol. The van der Waals surface area contributed by atoms with Crippen LogP contribution < -0.4 is 0 Å². The second kappa shape index (κ2) is 11.2. The van der Waals surface area contributed by atoms with Crippen molar-refractivity contribution in [1.82, 2.24) is 39.9 Å². The molecule has 227 valence electrons. The van der Waals surface area contributed by atoms with Crippen molar-refractivity contribution in [1.29, 1.82) is 0 Å². The molecule has 0 fully saturated rings. The van der Waals surface area contributed by atoms with E-state index in [2.05, 4.69) is 9.97 Å². The molecule has 0 saturated heterocycles. The Kier molecular flexibility index (Phi) is 7.14. The summed E-state index contributed by atoms with van der Waals surface area (Å²) in [5.41, 5.74) is 6.45. The molecular weight excluding hydrogens is 651 g/mol. The second-order valence-electron chi connectivity index (χ2n) is 10.2. The van der Waals surface area contributed by atoms with E-state index >= 15 is 0 Å². The Morgan fingerprint density at radius 3 is 0.870 bits per heavy atom. The van der Waals surface area contributed by atoms with Gasteiger partial charge in [-0.2, -0.15) is 8.42 Å². The first-order chi connectivity index (χ1) is 21.8. The topological polar surface area (TPSA) is 184 Å². The van der Waals surface area contributed by atoms with Crippen molar-refractivity contribution in [2.45, 2.75) is 0 Å². The van der Waals surface area contributed by atoms with E-state index in [4.69, 9.17) is 47.4 Å². The van der Waals surface area contributed by atoms with Crippen molar-refractivity contribution >= 4 is 54.5 Å². The normalized spacial score (nSPS) is 11.7. The molecule has 5 heterocycles. The molecule has 4 aromatic carbocycles. The number of nitrogens with zero attached hydrogens (tertiary/aromatic N) is 6. The number of aromatic amines is 2. The smallest absolute Gasteiger partial charge is 0.324 e. The number of benzene rings is 4. The van der Waals surface area contributed by atoms with E-state index in [1.54, 1.807) is 0 Å². The Labute approximate surface area is 270 Å². The van der Waals surface area contributed by atoms with Gasteiger partial charge in [0.05, 0.1) is 0 Å². The van der Waals surface area contributed by atoms with Gasteiger partial charge in [0.25, 0.3) is 0 Å². The van der Waals surface area contributed by atoms with Crippen LogP contribution in [-0.2, 0) is 27.2 Å². The quantitative estimate of drug-likeness (QED) is 0.135. The minimum atomic E-state index is -4.67. The van der Waals surface area contributed by atoms with Crippen molar-refractivity contribution in [3.05, 3.63) is 97.1 Å². The van der Waals surface area contributed by atoms with Gasteiger partial charge in [0.1, 0.15) is 22.6 Å². The number of fused-ring (bicyclic) bond motifs is 20. The number of hydrogen-bond donors (Lipinski definition) is 4. The minimum absolute atomic E-state index is 0. The Balaban J connectivity index is 0.000000526. The van der Waals surface area contributed by atoms with Crippen LogP contribution in [0.3, 0.4) is 0 Å². The number of hydrogen-bond acceptors (Lipinski definition) is 8. The molecule has 3 aromatic heterocycles. The maximum Gasteiger partial charge on any atom is 0.394 e. The summed E-state index contributed by atoms with van der Waals surface area (Å²) in [6.45, 7) is 0. The average Bonchev–Trinajstić information content (AvgIpc) is 3.76. The van der Waals surface area contributed by atoms with Gasteiger partial charge in [0.2, 0.25) is 0 Å². The van der Waals surface area contributed by atoms with Crippen LogP contribution in [0.25, 0.3) is 89.7 Å². The van der Waals surface area contributed by atoms with Crippen LogP contribution in [0.4, 0.5) is 0 Å². The third kappa shape index (κ3) is 5.19. The van der Waals surface area contributed by atoms with Crippen LogP contribution in [0.1, 0.15) is 0 Å². The van der Waals surface area contributed by atoms with Crippen LogP contribution in [0.5, 0.6) is 0 Å². The fourth-order valence-corrected chi connectivity index (χ4v) is 5.59. The molecule has 2 aliphatic rings. The second-order valence-corrected chi connectivity index (χ2v) is 11.1. The Bertz CT molecular complexity index is 2290. The summed E-state index contributed by atoms with van der Waals surface area (Å²) in [5, 5.41) is 3.82. The summed E-state index contributed by atoms with van der Waals surface area (Å²) in [4.78, 5) is 36.8. The molecule has 1 radical (unpaired) electrons. The first-order valence-electron chi connectivity index (χ1n) is 13.7. The molecule has 0 unspecified atom stereocenters. The van der Waals surface area contributed by atoms with Gasteiger partial charge >= 0.3 is 10.4 Å². The zero-order valence-electron chi connectivity index (χ0n) is 23.4. The first kappa shape index (κ1) is 29.3. The summed E-state index contributed by atoms with van der Waals surface area (Å²) >= 11 is 0. The predicted molar refractivity (Wildman–Crippen MR) is 170 cm³/mol. The van der Waals surface area contributed by atoms with E-state index in [1.165, 1.54) is 0 Å². The van der Waals surface area contributed by atoms with Gasteiger partial charge in [0.15, 0.2) is 23.3 Å². The molecule has 0 aliphatic carbocycles. The van der Waals surface area contributed by atoms with Crippen LogP contribution in [-0.4, -0.2) is 57.4 Å². The molecular formula is C32H20CoN8O4S. The molecule has 8 bridgehead atoms. The van der Waals surface area contributed by atoms with Crippen LogP contribution in [0, 0.1) is 0 Å². The van der Waals surface area contributed by atoms with E-state index in [1.807, 2.05) is 97.1 Å². The van der Waals surface area contributed by atoms with E-state index in [-0.39, 0.29) is 16.8 Å². The van der Waals surface area contributed by atoms with Crippen molar-refractivity contribution in [2.24, 2.45) is 0 Å². The van der Waals surface area contributed by atoms with Crippen molar-refractivity contribution in [2.75, 3.05) is 0 Å². The summed E-state index contributed by atoms with van der Waals surface area (Å²) in [5.74, 6) is 2.39. The SMILES string of the molecule is O=S(=O)(O)O.[Co].c1ccc2c(c1)-c1nc-2nc2[nH]c(nc3nc(nc4[nH]c(n1)c1ccccc41)-c1ccccc1-3)c1ccccc21. The van der Waals surface area contributed by atoms with Crippen molar-refractivity contribution in [3.8, 4) is 45.6 Å². The zero-order valence-corrected chi connectivity index (χ0v) is 25.2. The van der Waals surface area contributed by atoms with Gasteiger partial charge < -0.3 is 9.97 Å². The molecule has 0 amide bonds.